The summed E-state index contributed by atoms with van der Waals surface area (Å²) in [7, 11) is 1.65. The number of rotatable bonds is 6. The largest absolute Gasteiger partial charge is 0.463 e. The number of hydrogen-bond donors (Lipinski definition) is 1. The molecule has 7 heteroatoms. The number of carbonyl (C=O) groups excluding carboxylic acids is 2. The fourth-order valence-electron chi connectivity index (χ4n) is 4.84. The number of aromatic nitrogens is 1. The van der Waals surface area contributed by atoms with Crippen LogP contribution < -0.4 is 5.32 Å². The maximum atomic E-state index is 13.6. The Kier molecular flexibility index (Phi) is 5.42. The van der Waals surface area contributed by atoms with Gasteiger partial charge in [0.2, 0.25) is 5.91 Å². The Bertz CT molecular complexity index is 901. The lowest BCUT2D eigenvalue weighted by Crippen LogP contribution is -2.65. The highest BCUT2D eigenvalue weighted by Crippen LogP contribution is 2.33. The molecule has 7 nitrogen and oxygen atoms in total. The van der Waals surface area contributed by atoms with Crippen molar-refractivity contribution < 1.29 is 18.7 Å². The summed E-state index contributed by atoms with van der Waals surface area (Å²) in [5.41, 5.74) is 1.15. The van der Waals surface area contributed by atoms with Crippen LogP contribution in [0.15, 0.2) is 22.8 Å². The summed E-state index contributed by atoms with van der Waals surface area (Å²) in [6.45, 7) is 5.52. The number of carbonyl (C=O) groups is 2. The first-order valence-corrected chi connectivity index (χ1v) is 10.6. The van der Waals surface area contributed by atoms with E-state index in [0.717, 1.165) is 24.8 Å². The van der Waals surface area contributed by atoms with Crippen molar-refractivity contribution in [1.82, 2.24) is 14.8 Å². The van der Waals surface area contributed by atoms with E-state index in [0.29, 0.717) is 43.3 Å². The van der Waals surface area contributed by atoms with Gasteiger partial charge in [-0.15, -0.1) is 0 Å². The molecule has 0 radical (unpaired) electrons. The Labute approximate surface area is 171 Å². The van der Waals surface area contributed by atoms with Crippen LogP contribution in [0.1, 0.15) is 56.4 Å². The van der Waals surface area contributed by atoms with Crippen molar-refractivity contribution in [3.8, 4) is 0 Å². The first-order valence-electron chi connectivity index (χ1n) is 10.6. The van der Waals surface area contributed by atoms with Gasteiger partial charge in [-0.05, 0) is 32.1 Å². The third-order valence-electron chi connectivity index (χ3n) is 6.70. The Balaban J connectivity index is 1.66. The Morgan fingerprint density at radius 2 is 2.17 bits per heavy atom. The molecule has 1 N–H and O–H groups in total. The molecule has 1 aliphatic heterocycles. The number of fused-ring (bicyclic) bond motifs is 3. The standard InChI is InChI=1S/C22H31N3O4/c1-15-7-4-5-8-16(15)23-21(27)22(2)14-24-17-9-12-29-19(17)13-18(24)20(26)25(22)10-6-11-28-3/h9,12-13,15-16H,4-8,10-11,14H2,1-3H3,(H,23,27)/t15-,16-,22+/m0/s1. The maximum Gasteiger partial charge on any atom is 0.271 e. The van der Waals surface area contributed by atoms with E-state index in [1.54, 1.807) is 24.3 Å². The van der Waals surface area contributed by atoms with Gasteiger partial charge in [0.05, 0.1) is 18.3 Å². The summed E-state index contributed by atoms with van der Waals surface area (Å²) < 4.78 is 12.6. The number of methoxy groups -OCH3 is 1. The average molecular weight is 402 g/mol. The molecule has 158 valence electrons. The molecule has 0 bridgehead atoms. The van der Waals surface area contributed by atoms with Gasteiger partial charge in [0, 0.05) is 38.4 Å². The van der Waals surface area contributed by atoms with Crippen molar-refractivity contribution in [2.24, 2.45) is 5.92 Å². The lowest BCUT2D eigenvalue weighted by atomic mass is 9.85. The summed E-state index contributed by atoms with van der Waals surface area (Å²) in [5.74, 6) is 0.256. The van der Waals surface area contributed by atoms with Crippen molar-refractivity contribution in [2.75, 3.05) is 20.3 Å². The molecule has 2 aliphatic rings. The summed E-state index contributed by atoms with van der Waals surface area (Å²) in [5, 5.41) is 3.28. The zero-order valence-electron chi connectivity index (χ0n) is 17.6. The van der Waals surface area contributed by atoms with Crippen LogP contribution in [0, 0.1) is 5.92 Å². The fourth-order valence-corrected chi connectivity index (χ4v) is 4.84. The van der Waals surface area contributed by atoms with Gasteiger partial charge >= 0.3 is 0 Å². The average Bonchev–Trinajstić information content (AvgIpc) is 3.28. The molecule has 0 unspecified atom stereocenters. The van der Waals surface area contributed by atoms with Crippen LogP contribution >= 0.6 is 0 Å². The molecule has 1 aliphatic carbocycles. The maximum absolute atomic E-state index is 13.6. The van der Waals surface area contributed by atoms with E-state index in [4.69, 9.17) is 9.15 Å². The summed E-state index contributed by atoms with van der Waals surface area (Å²) in [4.78, 5) is 28.7. The second-order valence-electron chi connectivity index (χ2n) is 8.70. The zero-order chi connectivity index (χ0) is 20.6. The van der Waals surface area contributed by atoms with Gasteiger partial charge in [-0.1, -0.05) is 19.8 Å². The molecule has 4 rings (SSSR count). The topological polar surface area (TPSA) is 76.7 Å². The fraction of sp³-hybridized carbons (Fsp3) is 0.636. The van der Waals surface area contributed by atoms with Crippen LogP contribution in [0.2, 0.25) is 0 Å². The van der Waals surface area contributed by atoms with Crippen LogP contribution in [0.5, 0.6) is 0 Å². The van der Waals surface area contributed by atoms with Gasteiger partial charge in [0.15, 0.2) is 5.58 Å². The number of amides is 2. The number of hydrogen-bond acceptors (Lipinski definition) is 4. The third kappa shape index (κ3) is 3.45. The van der Waals surface area contributed by atoms with E-state index < -0.39 is 5.54 Å². The van der Waals surface area contributed by atoms with Crippen LogP contribution in [0.3, 0.4) is 0 Å². The highest BCUT2D eigenvalue weighted by Gasteiger charge is 2.48. The Morgan fingerprint density at radius 3 is 2.93 bits per heavy atom. The van der Waals surface area contributed by atoms with E-state index in [1.165, 1.54) is 6.42 Å². The van der Waals surface area contributed by atoms with Crippen molar-refractivity contribution in [2.45, 2.75) is 64.1 Å². The number of nitrogens with zero attached hydrogens (tertiary/aromatic N) is 2. The van der Waals surface area contributed by atoms with Crippen molar-refractivity contribution in [3.63, 3.8) is 0 Å². The Morgan fingerprint density at radius 1 is 1.38 bits per heavy atom. The molecular formula is C22H31N3O4. The number of ether oxygens (including phenoxy) is 1. The predicted molar refractivity (Wildman–Crippen MR) is 110 cm³/mol. The van der Waals surface area contributed by atoms with Gasteiger partial charge in [-0.3, -0.25) is 9.59 Å². The number of nitrogens with one attached hydrogen (secondary N) is 1. The van der Waals surface area contributed by atoms with Gasteiger partial charge in [0.1, 0.15) is 11.2 Å². The van der Waals surface area contributed by atoms with E-state index in [-0.39, 0.29) is 17.9 Å². The first-order chi connectivity index (χ1) is 14.0. The molecule has 3 heterocycles. The lowest BCUT2D eigenvalue weighted by molar-refractivity contribution is -0.134. The molecule has 3 atom stereocenters. The minimum Gasteiger partial charge on any atom is -0.463 e. The molecule has 29 heavy (non-hydrogen) atoms. The highest BCUT2D eigenvalue weighted by atomic mass is 16.5. The monoisotopic (exact) mass is 401 g/mol. The first kappa shape index (κ1) is 20.0. The minimum atomic E-state index is -0.960. The van der Waals surface area contributed by atoms with Crippen molar-refractivity contribution >= 4 is 22.9 Å². The van der Waals surface area contributed by atoms with Crippen LogP contribution in [-0.2, 0) is 16.1 Å². The predicted octanol–water partition coefficient (Wildman–Crippen LogP) is 3.18. The molecule has 0 saturated heterocycles. The zero-order valence-corrected chi connectivity index (χ0v) is 17.6. The molecule has 1 fully saturated rings. The van der Waals surface area contributed by atoms with E-state index in [1.807, 2.05) is 17.6 Å². The second kappa shape index (κ2) is 7.86. The van der Waals surface area contributed by atoms with Crippen LogP contribution in [0.4, 0.5) is 0 Å². The Hall–Kier alpha value is -2.28. The minimum absolute atomic E-state index is 0.0713. The SMILES string of the molecule is COCCCN1C(=O)c2cc3occc3n2C[C@]1(C)C(=O)N[C@H]1CCCC[C@@H]1C. The molecule has 2 aromatic rings. The summed E-state index contributed by atoms with van der Waals surface area (Å²) >= 11 is 0. The summed E-state index contributed by atoms with van der Waals surface area (Å²) in [6, 6.07) is 3.81. The van der Waals surface area contributed by atoms with E-state index >= 15 is 0 Å². The van der Waals surface area contributed by atoms with Gasteiger partial charge in [0.25, 0.3) is 5.91 Å². The van der Waals surface area contributed by atoms with Crippen LogP contribution in [-0.4, -0.2) is 53.1 Å². The van der Waals surface area contributed by atoms with Gasteiger partial charge in [-0.25, -0.2) is 0 Å². The van der Waals surface area contributed by atoms with Crippen molar-refractivity contribution in [3.05, 3.63) is 24.1 Å². The number of furan rings is 1. The molecule has 2 aromatic heterocycles. The second-order valence-corrected chi connectivity index (χ2v) is 8.70. The van der Waals surface area contributed by atoms with Gasteiger partial charge in [-0.2, -0.15) is 0 Å². The smallest absolute Gasteiger partial charge is 0.271 e. The van der Waals surface area contributed by atoms with Crippen LogP contribution in [0.25, 0.3) is 11.1 Å². The molecule has 1 saturated carbocycles. The third-order valence-corrected chi connectivity index (χ3v) is 6.70. The van der Waals surface area contributed by atoms with E-state index in [9.17, 15) is 9.59 Å². The normalized spacial score (nSPS) is 27.3. The highest BCUT2D eigenvalue weighted by molar-refractivity contribution is 6.02. The molecular weight excluding hydrogens is 370 g/mol. The quantitative estimate of drug-likeness (QED) is 0.754. The molecule has 2 amide bonds. The molecule has 0 aromatic carbocycles. The summed E-state index contributed by atoms with van der Waals surface area (Å²) in [6.07, 6.45) is 6.80. The van der Waals surface area contributed by atoms with Crippen molar-refractivity contribution in [1.29, 1.82) is 0 Å². The van der Waals surface area contributed by atoms with Gasteiger partial charge < -0.3 is 23.9 Å². The van der Waals surface area contributed by atoms with E-state index in [2.05, 4.69) is 12.2 Å². The molecule has 0 spiro atoms. The lowest BCUT2D eigenvalue weighted by Gasteiger charge is -2.45.